The highest BCUT2D eigenvalue weighted by molar-refractivity contribution is 7.89. The zero-order valence-corrected chi connectivity index (χ0v) is 14.8. The first-order valence-corrected chi connectivity index (χ1v) is 9.05. The average Bonchev–Trinajstić information content (AvgIpc) is 2.57. The molecular weight excluding hydrogens is 326 g/mol. The second kappa shape index (κ2) is 9.11. The molecule has 0 bridgehead atoms. The van der Waals surface area contributed by atoms with Crippen LogP contribution in [0.4, 0.5) is 0 Å². The van der Waals surface area contributed by atoms with E-state index in [1.54, 1.807) is 32.1 Å². The molecule has 0 aliphatic rings. The minimum atomic E-state index is -3.61. The molecule has 0 aromatic carbocycles. The number of allylic oxidation sites excluding steroid dienone is 4. The maximum absolute atomic E-state index is 12.4. The summed E-state index contributed by atoms with van der Waals surface area (Å²) >= 11 is 0. The van der Waals surface area contributed by atoms with E-state index in [1.165, 1.54) is 28.7 Å². The van der Waals surface area contributed by atoms with Crippen molar-refractivity contribution in [2.75, 3.05) is 13.1 Å². The molecule has 7 heteroatoms. The zero-order chi connectivity index (χ0) is 18.2. The summed E-state index contributed by atoms with van der Waals surface area (Å²) < 4.78 is 26.1. The first-order valence-electron chi connectivity index (χ1n) is 7.61. The minimum Gasteiger partial charge on any atom is -0.293 e. The lowest BCUT2D eigenvalue weighted by atomic mass is 10.0. The van der Waals surface area contributed by atoms with Crippen molar-refractivity contribution in [3.63, 3.8) is 0 Å². The van der Waals surface area contributed by atoms with Gasteiger partial charge >= 0.3 is 0 Å². The van der Waals surface area contributed by atoms with Gasteiger partial charge < -0.3 is 0 Å². The fourth-order valence-corrected chi connectivity index (χ4v) is 3.46. The predicted octanol–water partition coefficient (Wildman–Crippen LogP) is 2.42. The number of pyridine rings is 1. The number of aromatic nitrogens is 1. The normalized spacial score (nSPS) is 13.5. The molecule has 0 radical (unpaired) electrons. The molecule has 1 aromatic heterocycles. The second-order valence-electron chi connectivity index (χ2n) is 4.86. The fraction of sp³-hybridized carbons (Fsp3) is 0.353. The van der Waals surface area contributed by atoms with Gasteiger partial charge in [-0.15, -0.1) is 0 Å². The van der Waals surface area contributed by atoms with Crippen molar-refractivity contribution >= 4 is 15.8 Å². The number of nitrogens with zero attached hydrogens (tertiary/aromatic N) is 3. The third-order valence-electron chi connectivity index (χ3n) is 3.38. The fourth-order valence-electron chi connectivity index (χ4n) is 2.06. The number of carbonyl (C=O) groups is 1. The van der Waals surface area contributed by atoms with Gasteiger partial charge in [0.1, 0.15) is 4.90 Å². The van der Waals surface area contributed by atoms with Crippen molar-refractivity contribution in [1.82, 2.24) is 9.29 Å². The Bertz CT molecular complexity index is 755. The van der Waals surface area contributed by atoms with Gasteiger partial charge in [0.2, 0.25) is 10.0 Å². The standard InChI is InChI=1S/C17H21N3O3S/c1-4-7-8-9-17(21)15(12-18)16-11-10-14(13-19-16)24(22,23)20(5-2)6-3/h4,7-11,13,15H,5-6H2,1-3H3/b7-4+,9-8+. The molecule has 0 amide bonds. The molecule has 128 valence electrons. The number of hydrogen-bond donors (Lipinski definition) is 0. The molecule has 1 rings (SSSR count). The van der Waals surface area contributed by atoms with E-state index in [9.17, 15) is 18.5 Å². The first kappa shape index (κ1) is 19.7. The number of carbonyl (C=O) groups excluding carboxylic acids is 1. The lowest BCUT2D eigenvalue weighted by Gasteiger charge is -2.18. The molecule has 1 aromatic rings. The van der Waals surface area contributed by atoms with E-state index in [-0.39, 0.29) is 10.6 Å². The molecule has 0 aliphatic carbocycles. The highest BCUT2D eigenvalue weighted by Gasteiger charge is 2.24. The number of hydrogen-bond acceptors (Lipinski definition) is 5. The first-order chi connectivity index (χ1) is 11.4. The molecule has 1 unspecified atom stereocenters. The summed E-state index contributed by atoms with van der Waals surface area (Å²) in [6.45, 7) is 6.03. The van der Waals surface area contributed by atoms with Crippen molar-refractivity contribution in [3.05, 3.63) is 48.3 Å². The molecular formula is C17H21N3O3S. The number of rotatable bonds is 8. The Morgan fingerprint density at radius 2 is 2.00 bits per heavy atom. The third kappa shape index (κ3) is 4.60. The summed E-state index contributed by atoms with van der Waals surface area (Å²) in [5.41, 5.74) is 0.228. The maximum atomic E-state index is 12.4. The van der Waals surface area contributed by atoms with Crippen molar-refractivity contribution in [2.45, 2.75) is 31.6 Å². The van der Waals surface area contributed by atoms with E-state index in [4.69, 9.17) is 0 Å². The van der Waals surface area contributed by atoms with E-state index in [1.807, 2.05) is 13.0 Å². The van der Waals surface area contributed by atoms with Crippen LogP contribution < -0.4 is 0 Å². The van der Waals surface area contributed by atoms with Gasteiger partial charge in [-0.25, -0.2) is 8.42 Å². The zero-order valence-electron chi connectivity index (χ0n) is 14.0. The highest BCUT2D eigenvalue weighted by atomic mass is 32.2. The van der Waals surface area contributed by atoms with Gasteiger partial charge in [0.25, 0.3) is 0 Å². The average molecular weight is 347 g/mol. The number of nitriles is 1. The van der Waals surface area contributed by atoms with Gasteiger partial charge in [-0.1, -0.05) is 32.1 Å². The van der Waals surface area contributed by atoms with Crippen LogP contribution in [0, 0.1) is 11.3 Å². The van der Waals surface area contributed by atoms with Crippen LogP contribution in [-0.2, 0) is 14.8 Å². The smallest absolute Gasteiger partial charge is 0.244 e. The summed E-state index contributed by atoms with van der Waals surface area (Å²) in [4.78, 5) is 16.1. The van der Waals surface area contributed by atoms with Crippen LogP contribution in [0.25, 0.3) is 0 Å². The Morgan fingerprint density at radius 1 is 1.33 bits per heavy atom. The van der Waals surface area contributed by atoms with Gasteiger partial charge in [0.15, 0.2) is 11.7 Å². The Balaban J connectivity index is 3.09. The predicted molar refractivity (Wildman–Crippen MR) is 91.7 cm³/mol. The maximum Gasteiger partial charge on any atom is 0.244 e. The molecule has 24 heavy (non-hydrogen) atoms. The van der Waals surface area contributed by atoms with E-state index < -0.39 is 21.7 Å². The van der Waals surface area contributed by atoms with Gasteiger partial charge in [-0.3, -0.25) is 9.78 Å². The number of sulfonamides is 1. The SMILES string of the molecule is C/C=C/C=C/C(=O)C(C#N)c1ccc(S(=O)(=O)N(CC)CC)cn1. The second-order valence-corrected chi connectivity index (χ2v) is 6.80. The molecule has 6 nitrogen and oxygen atoms in total. The molecule has 0 saturated carbocycles. The van der Waals surface area contributed by atoms with Crippen LogP contribution in [0.5, 0.6) is 0 Å². The van der Waals surface area contributed by atoms with Gasteiger partial charge in [-0.05, 0) is 25.1 Å². The lowest BCUT2D eigenvalue weighted by molar-refractivity contribution is -0.114. The molecule has 1 heterocycles. The van der Waals surface area contributed by atoms with Gasteiger partial charge in [0.05, 0.1) is 11.8 Å². The summed E-state index contributed by atoms with van der Waals surface area (Å²) in [5.74, 6) is -1.46. The van der Waals surface area contributed by atoms with Crippen LogP contribution >= 0.6 is 0 Å². The van der Waals surface area contributed by atoms with Crippen molar-refractivity contribution in [3.8, 4) is 6.07 Å². The Labute approximate surface area is 143 Å². The molecule has 0 N–H and O–H groups in total. The molecule has 0 aliphatic heterocycles. The molecule has 1 atom stereocenters. The Kier molecular flexibility index (Phi) is 7.49. The van der Waals surface area contributed by atoms with Crippen LogP contribution in [0.3, 0.4) is 0 Å². The van der Waals surface area contributed by atoms with Gasteiger partial charge in [-0.2, -0.15) is 9.57 Å². The van der Waals surface area contributed by atoms with Crippen molar-refractivity contribution < 1.29 is 13.2 Å². The highest BCUT2D eigenvalue weighted by Crippen LogP contribution is 2.19. The topological polar surface area (TPSA) is 91.1 Å². The lowest BCUT2D eigenvalue weighted by Crippen LogP contribution is -2.30. The van der Waals surface area contributed by atoms with Gasteiger partial charge in [0, 0.05) is 19.3 Å². The van der Waals surface area contributed by atoms with Crippen molar-refractivity contribution in [2.24, 2.45) is 0 Å². The number of ketones is 1. The van der Waals surface area contributed by atoms with Crippen LogP contribution in [-0.4, -0.2) is 36.6 Å². The minimum absolute atomic E-state index is 0.0450. The Morgan fingerprint density at radius 3 is 2.46 bits per heavy atom. The summed E-state index contributed by atoms with van der Waals surface area (Å²) in [6.07, 6.45) is 7.48. The van der Waals surface area contributed by atoms with E-state index in [0.717, 1.165) is 0 Å². The molecule has 0 fully saturated rings. The van der Waals surface area contributed by atoms with E-state index in [0.29, 0.717) is 13.1 Å². The third-order valence-corrected chi connectivity index (χ3v) is 5.41. The van der Waals surface area contributed by atoms with E-state index >= 15 is 0 Å². The van der Waals surface area contributed by atoms with E-state index in [2.05, 4.69) is 4.98 Å². The van der Waals surface area contributed by atoms with Crippen LogP contribution in [0.1, 0.15) is 32.4 Å². The quantitative estimate of drug-likeness (QED) is 0.532. The Hall–Kier alpha value is -2.30. The van der Waals surface area contributed by atoms with Crippen LogP contribution in [0.2, 0.25) is 0 Å². The molecule has 0 spiro atoms. The monoisotopic (exact) mass is 347 g/mol. The largest absolute Gasteiger partial charge is 0.293 e. The summed E-state index contributed by atoms with van der Waals surface area (Å²) in [5, 5.41) is 9.21. The molecule has 0 saturated heterocycles. The van der Waals surface area contributed by atoms with Crippen LogP contribution in [0.15, 0.2) is 47.5 Å². The summed E-state index contributed by atoms with van der Waals surface area (Å²) in [7, 11) is -3.61. The van der Waals surface area contributed by atoms with Crippen molar-refractivity contribution in [1.29, 1.82) is 5.26 Å². The summed E-state index contributed by atoms with van der Waals surface area (Å²) in [6, 6.07) is 4.69.